The Kier molecular flexibility index (Phi) is 6.41. The summed E-state index contributed by atoms with van der Waals surface area (Å²) in [6.45, 7) is 1.44. The summed E-state index contributed by atoms with van der Waals surface area (Å²) < 4.78 is 9.15. The van der Waals surface area contributed by atoms with Crippen molar-refractivity contribution >= 4 is 35.1 Å². The van der Waals surface area contributed by atoms with Gasteiger partial charge in [-0.05, 0) is 31.0 Å². The highest BCUT2D eigenvalue weighted by molar-refractivity contribution is 6.33. The molecule has 1 aliphatic rings. The monoisotopic (exact) mass is 366 g/mol. The van der Waals surface area contributed by atoms with Gasteiger partial charge in [0.15, 0.2) is 0 Å². The highest BCUT2D eigenvalue weighted by atomic mass is 35.5. The standard InChI is InChI=1S/C17H19ClN2O5/c1-24-15(21)10-14(17(23)25-2)19-13-9-11(5-6-12(13)18)16(22)20-7-3-4-8-20/h5-6,9-10,19H,3-4,7-8H2,1-2H3/b14-10+. The maximum atomic E-state index is 12.5. The molecule has 2 rings (SSSR count). The quantitative estimate of drug-likeness (QED) is 0.635. The third kappa shape index (κ3) is 4.73. The molecule has 1 heterocycles. The summed E-state index contributed by atoms with van der Waals surface area (Å²) in [5.41, 5.74) is 0.602. The Morgan fingerprint density at radius 3 is 2.44 bits per heavy atom. The van der Waals surface area contributed by atoms with Gasteiger partial charge in [-0.3, -0.25) is 4.79 Å². The molecule has 1 fully saturated rings. The lowest BCUT2D eigenvalue weighted by Gasteiger charge is -2.17. The van der Waals surface area contributed by atoms with E-state index in [9.17, 15) is 14.4 Å². The molecule has 0 atom stereocenters. The van der Waals surface area contributed by atoms with Crippen LogP contribution in [0.1, 0.15) is 23.2 Å². The molecule has 0 radical (unpaired) electrons. The van der Waals surface area contributed by atoms with Gasteiger partial charge in [0, 0.05) is 18.7 Å². The molecule has 1 aromatic rings. The van der Waals surface area contributed by atoms with Crippen molar-refractivity contribution in [1.82, 2.24) is 4.90 Å². The van der Waals surface area contributed by atoms with Gasteiger partial charge in [-0.15, -0.1) is 0 Å². The molecule has 1 N–H and O–H groups in total. The summed E-state index contributed by atoms with van der Waals surface area (Å²) in [5.74, 6) is -1.60. The van der Waals surface area contributed by atoms with Gasteiger partial charge in [0.2, 0.25) is 0 Å². The predicted molar refractivity (Wildman–Crippen MR) is 92.3 cm³/mol. The van der Waals surface area contributed by atoms with Crippen LogP contribution in [0.2, 0.25) is 5.02 Å². The second-order valence-electron chi connectivity index (χ2n) is 5.39. The smallest absolute Gasteiger partial charge is 0.354 e. The van der Waals surface area contributed by atoms with Gasteiger partial charge >= 0.3 is 11.9 Å². The first kappa shape index (κ1) is 18.8. The summed E-state index contributed by atoms with van der Waals surface area (Å²) in [4.78, 5) is 37.5. The van der Waals surface area contributed by atoms with Crippen LogP contribution in [0.4, 0.5) is 5.69 Å². The average molecular weight is 367 g/mol. The number of methoxy groups -OCH3 is 2. The van der Waals surface area contributed by atoms with Crippen molar-refractivity contribution < 1.29 is 23.9 Å². The Morgan fingerprint density at radius 2 is 1.84 bits per heavy atom. The largest absolute Gasteiger partial charge is 0.466 e. The van der Waals surface area contributed by atoms with Crippen LogP contribution >= 0.6 is 11.6 Å². The molecule has 0 aliphatic carbocycles. The van der Waals surface area contributed by atoms with Crippen LogP contribution in [0.3, 0.4) is 0 Å². The van der Waals surface area contributed by atoms with Crippen LogP contribution in [0.15, 0.2) is 30.0 Å². The number of nitrogens with zero attached hydrogens (tertiary/aromatic N) is 1. The summed E-state index contributed by atoms with van der Waals surface area (Å²) >= 11 is 6.14. The second kappa shape index (κ2) is 8.53. The molecule has 8 heteroatoms. The lowest BCUT2D eigenvalue weighted by Crippen LogP contribution is -2.27. The first-order valence-corrected chi connectivity index (χ1v) is 8.08. The maximum Gasteiger partial charge on any atom is 0.354 e. The van der Waals surface area contributed by atoms with Crippen molar-refractivity contribution in [2.24, 2.45) is 0 Å². The van der Waals surface area contributed by atoms with E-state index in [0.29, 0.717) is 11.3 Å². The fraction of sp³-hybridized carbons (Fsp3) is 0.353. The van der Waals surface area contributed by atoms with Crippen molar-refractivity contribution in [2.45, 2.75) is 12.8 Å². The van der Waals surface area contributed by atoms with Crippen LogP contribution in [0.25, 0.3) is 0 Å². The van der Waals surface area contributed by atoms with E-state index in [1.807, 2.05) is 0 Å². The first-order valence-electron chi connectivity index (χ1n) is 7.70. The molecule has 1 saturated heterocycles. The minimum atomic E-state index is -0.766. The number of likely N-dealkylation sites (tertiary alicyclic amines) is 1. The fourth-order valence-electron chi connectivity index (χ4n) is 2.43. The molecule has 0 spiro atoms. The number of hydrogen-bond donors (Lipinski definition) is 1. The Bertz CT molecular complexity index is 711. The van der Waals surface area contributed by atoms with E-state index in [-0.39, 0.29) is 16.6 Å². The number of ether oxygens (including phenoxy) is 2. The van der Waals surface area contributed by atoms with Crippen molar-refractivity contribution in [3.63, 3.8) is 0 Å². The molecule has 0 saturated carbocycles. The average Bonchev–Trinajstić information content (AvgIpc) is 3.16. The molecule has 0 unspecified atom stereocenters. The summed E-state index contributed by atoms with van der Waals surface area (Å²) in [5, 5.41) is 3.02. The predicted octanol–water partition coefficient (Wildman–Crippen LogP) is 2.22. The number of esters is 2. The molecular weight excluding hydrogens is 348 g/mol. The minimum Gasteiger partial charge on any atom is -0.466 e. The van der Waals surface area contributed by atoms with Gasteiger partial charge in [0.05, 0.1) is 31.0 Å². The summed E-state index contributed by atoms with van der Waals surface area (Å²) in [6.07, 6.45) is 2.93. The van der Waals surface area contributed by atoms with Crippen LogP contribution in [-0.4, -0.2) is 50.1 Å². The van der Waals surface area contributed by atoms with E-state index in [1.165, 1.54) is 20.3 Å². The van der Waals surface area contributed by atoms with Crippen molar-refractivity contribution in [3.05, 3.63) is 40.6 Å². The summed E-state index contributed by atoms with van der Waals surface area (Å²) in [6, 6.07) is 4.72. The Morgan fingerprint density at radius 1 is 1.16 bits per heavy atom. The molecule has 0 bridgehead atoms. The highest BCUT2D eigenvalue weighted by Crippen LogP contribution is 2.26. The zero-order valence-corrected chi connectivity index (χ0v) is 14.8. The normalized spacial score (nSPS) is 14.2. The lowest BCUT2D eigenvalue weighted by molar-refractivity contribution is -0.138. The van der Waals surface area contributed by atoms with Gasteiger partial charge in [-0.25, -0.2) is 9.59 Å². The number of amides is 1. The van der Waals surface area contributed by atoms with Gasteiger partial charge < -0.3 is 19.7 Å². The first-order chi connectivity index (χ1) is 12.0. The van der Waals surface area contributed by atoms with E-state index in [4.69, 9.17) is 11.6 Å². The van der Waals surface area contributed by atoms with Gasteiger partial charge in [0.1, 0.15) is 5.70 Å². The number of hydrogen-bond acceptors (Lipinski definition) is 6. The fourth-order valence-corrected chi connectivity index (χ4v) is 2.60. The van der Waals surface area contributed by atoms with E-state index in [0.717, 1.165) is 32.0 Å². The highest BCUT2D eigenvalue weighted by Gasteiger charge is 2.21. The molecule has 134 valence electrons. The van der Waals surface area contributed by atoms with Gasteiger partial charge in [0.25, 0.3) is 5.91 Å². The maximum absolute atomic E-state index is 12.5. The van der Waals surface area contributed by atoms with Crippen LogP contribution in [0.5, 0.6) is 0 Å². The Balaban J connectivity index is 2.29. The zero-order chi connectivity index (χ0) is 18.4. The Labute approximate surface area is 150 Å². The number of halogens is 1. The number of nitrogens with one attached hydrogen (secondary N) is 1. The molecule has 7 nitrogen and oxygen atoms in total. The molecule has 1 aliphatic heterocycles. The van der Waals surface area contributed by atoms with Crippen LogP contribution < -0.4 is 5.32 Å². The molecule has 25 heavy (non-hydrogen) atoms. The van der Waals surface area contributed by atoms with Gasteiger partial charge in [-0.1, -0.05) is 11.6 Å². The Hall–Kier alpha value is -2.54. The van der Waals surface area contributed by atoms with Crippen LogP contribution in [-0.2, 0) is 19.1 Å². The number of benzene rings is 1. The van der Waals surface area contributed by atoms with E-state index in [2.05, 4.69) is 14.8 Å². The summed E-state index contributed by atoms with van der Waals surface area (Å²) in [7, 11) is 2.38. The van der Waals surface area contributed by atoms with Crippen molar-refractivity contribution in [1.29, 1.82) is 0 Å². The van der Waals surface area contributed by atoms with E-state index in [1.54, 1.807) is 17.0 Å². The molecular formula is C17H19ClN2O5. The lowest BCUT2D eigenvalue weighted by atomic mass is 10.1. The van der Waals surface area contributed by atoms with Crippen LogP contribution in [0, 0.1) is 0 Å². The molecule has 1 aromatic carbocycles. The minimum absolute atomic E-state index is 0.103. The molecule has 1 amide bonds. The third-order valence-electron chi connectivity index (χ3n) is 3.74. The molecule has 0 aromatic heterocycles. The number of carbonyl (C=O) groups excluding carboxylic acids is 3. The second-order valence-corrected chi connectivity index (χ2v) is 5.80. The number of carbonyl (C=O) groups is 3. The zero-order valence-electron chi connectivity index (χ0n) is 14.0. The van der Waals surface area contributed by atoms with Gasteiger partial charge in [-0.2, -0.15) is 0 Å². The SMILES string of the molecule is COC(=O)/C=C(/Nc1cc(C(=O)N2CCCC2)ccc1Cl)C(=O)OC. The number of anilines is 1. The van der Waals surface area contributed by atoms with Crippen molar-refractivity contribution in [2.75, 3.05) is 32.6 Å². The number of rotatable bonds is 5. The van der Waals surface area contributed by atoms with Crippen molar-refractivity contribution in [3.8, 4) is 0 Å². The topological polar surface area (TPSA) is 84.9 Å². The van der Waals surface area contributed by atoms with E-state index < -0.39 is 11.9 Å². The third-order valence-corrected chi connectivity index (χ3v) is 4.07. The van der Waals surface area contributed by atoms with E-state index >= 15 is 0 Å².